The highest BCUT2D eigenvalue weighted by Crippen LogP contribution is 2.34. The zero-order valence-electron chi connectivity index (χ0n) is 11.2. The number of ether oxygens (including phenoxy) is 1. The summed E-state index contributed by atoms with van der Waals surface area (Å²) in [6, 6.07) is 0. The van der Waals surface area contributed by atoms with Crippen molar-refractivity contribution in [2.75, 3.05) is 0 Å². The Balaban J connectivity index is 2.68. The molecule has 0 radical (unpaired) electrons. The summed E-state index contributed by atoms with van der Waals surface area (Å²) < 4.78 is 5.46. The first-order chi connectivity index (χ1) is 8.39. The Morgan fingerprint density at radius 1 is 1.72 bits per heavy atom. The topological polar surface area (TPSA) is 76.7 Å². The predicted molar refractivity (Wildman–Crippen MR) is 75.2 cm³/mol. The SMILES string of the molecule is CCCC[C@H]1C[C@](C)(/C(C)=N/NC(N)=S)OC1=O. The van der Waals surface area contributed by atoms with Crippen LogP contribution in [0, 0.1) is 5.92 Å². The summed E-state index contributed by atoms with van der Waals surface area (Å²) in [7, 11) is 0. The third kappa shape index (κ3) is 3.66. The number of thiocarbonyl (C=S) groups is 1. The number of nitrogens with two attached hydrogens (primary N) is 1. The Hall–Kier alpha value is -1.17. The summed E-state index contributed by atoms with van der Waals surface area (Å²) >= 11 is 4.68. The van der Waals surface area contributed by atoms with E-state index < -0.39 is 5.60 Å². The van der Waals surface area contributed by atoms with Crippen LogP contribution in [0.25, 0.3) is 0 Å². The van der Waals surface area contributed by atoms with E-state index in [-0.39, 0.29) is 17.0 Å². The van der Waals surface area contributed by atoms with Gasteiger partial charge in [0.25, 0.3) is 0 Å². The number of carbonyl (C=O) groups excluding carboxylic acids is 1. The van der Waals surface area contributed by atoms with E-state index in [2.05, 4.69) is 29.7 Å². The fourth-order valence-electron chi connectivity index (χ4n) is 2.05. The molecule has 5 nitrogen and oxygen atoms in total. The fourth-order valence-corrected chi connectivity index (χ4v) is 2.10. The molecule has 18 heavy (non-hydrogen) atoms. The number of carbonyl (C=O) groups is 1. The van der Waals surface area contributed by atoms with Gasteiger partial charge in [-0.3, -0.25) is 10.2 Å². The molecular weight excluding hydrogens is 250 g/mol. The monoisotopic (exact) mass is 271 g/mol. The summed E-state index contributed by atoms with van der Waals surface area (Å²) in [5.41, 5.74) is 7.87. The number of cyclic esters (lactones) is 1. The lowest BCUT2D eigenvalue weighted by Crippen LogP contribution is -2.36. The van der Waals surface area contributed by atoms with Gasteiger partial charge in [0.15, 0.2) is 5.11 Å². The fraction of sp³-hybridized carbons (Fsp3) is 0.750. The van der Waals surface area contributed by atoms with Crippen molar-refractivity contribution in [2.24, 2.45) is 16.8 Å². The molecule has 0 aliphatic carbocycles. The van der Waals surface area contributed by atoms with Crippen LogP contribution in [0.1, 0.15) is 46.5 Å². The van der Waals surface area contributed by atoms with Crippen LogP contribution in [0.3, 0.4) is 0 Å². The van der Waals surface area contributed by atoms with Gasteiger partial charge in [0.2, 0.25) is 0 Å². The number of rotatable bonds is 5. The van der Waals surface area contributed by atoms with Gasteiger partial charge in [0.1, 0.15) is 5.60 Å². The first-order valence-electron chi connectivity index (χ1n) is 6.22. The van der Waals surface area contributed by atoms with E-state index in [0.717, 1.165) is 19.3 Å². The number of hydrogen-bond acceptors (Lipinski definition) is 4. The minimum absolute atomic E-state index is 0.0232. The van der Waals surface area contributed by atoms with Crippen LogP contribution in [0.2, 0.25) is 0 Å². The number of nitrogens with zero attached hydrogens (tertiary/aromatic N) is 1. The maximum atomic E-state index is 11.8. The van der Waals surface area contributed by atoms with Crippen LogP contribution < -0.4 is 11.2 Å². The molecule has 1 fully saturated rings. The second-order valence-electron chi connectivity index (χ2n) is 4.87. The highest BCUT2D eigenvalue weighted by Gasteiger charge is 2.45. The lowest BCUT2D eigenvalue weighted by Gasteiger charge is -2.22. The maximum absolute atomic E-state index is 11.8. The predicted octanol–water partition coefficient (Wildman–Crippen LogP) is 1.71. The number of hydrazone groups is 1. The van der Waals surface area contributed by atoms with E-state index in [4.69, 9.17) is 10.5 Å². The van der Waals surface area contributed by atoms with E-state index in [1.54, 1.807) is 6.92 Å². The molecule has 0 spiro atoms. The maximum Gasteiger partial charge on any atom is 0.310 e. The molecule has 3 N–H and O–H groups in total. The van der Waals surface area contributed by atoms with Crippen LogP contribution in [0.4, 0.5) is 0 Å². The summed E-state index contributed by atoms with van der Waals surface area (Å²) in [5, 5.41) is 4.15. The summed E-state index contributed by atoms with van der Waals surface area (Å²) in [5.74, 6) is -0.152. The lowest BCUT2D eigenvalue weighted by molar-refractivity contribution is -0.146. The van der Waals surface area contributed by atoms with Crippen LogP contribution in [-0.2, 0) is 9.53 Å². The van der Waals surface area contributed by atoms with Crippen LogP contribution in [0.5, 0.6) is 0 Å². The molecule has 1 heterocycles. The van der Waals surface area contributed by atoms with Crippen molar-refractivity contribution < 1.29 is 9.53 Å². The molecule has 102 valence electrons. The Bertz CT molecular complexity index is 370. The first-order valence-corrected chi connectivity index (χ1v) is 6.63. The minimum Gasteiger partial charge on any atom is -0.453 e. The van der Waals surface area contributed by atoms with E-state index in [9.17, 15) is 4.79 Å². The smallest absolute Gasteiger partial charge is 0.310 e. The van der Waals surface area contributed by atoms with Gasteiger partial charge in [0.05, 0.1) is 11.6 Å². The highest BCUT2D eigenvalue weighted by atomic mass is 32.1. The normalized spacial score (nSPS) is 28.1. The number of nitrogens with one attached hydrogen (secondary N) is 1. The summed E-state index contributed by atoms with van der Waals surface area (Å²) in [6.45, 7) is 5.79. The minimum atomic E-state index is -0.646. The number of hydrogen-bond donors (Lipinski definition) is 2. The quantitative estimate of drug-likeness (QED) is 0.344. The molecule has 0 saturated carbocycles. The van der Waals surface area contributed by atoms with Gasteiger partial charge in [-0.15, -0.1) is 0 Å². The van der Waals surface area contributed by atoms with Crippen LogP contribution in [-0.4, -0.2) is 22.4 Å². The van der Waals surface area contributed by atoms with Gasteiger partial charge >= 0.3 is 5.97 Å². The van der Waals surface area contributed by atoms with Crippen molar-refractivity contribution in [2.45, 2.75) is 52.1 Å². The molecule has 1 saturated heterocycles. The van der Waals surface area contributed by atoms with E-state index in [0.29, 0.717) is 12.1 Å². The number of esters is 1. The first kappa shape index (κ1) is 14.9. The van der Waals surface area contributed by atoms with Crippen LogP contribution in [0.15, 0.2) is 5.10 Å². The molecule has 0 bridgehead atoms. The molecule has 2 atom stereocenters. The van der Waals surface area contributed by atoms with E-state index in [1.165, 1.54) is 0 Å². The highest BCUT2D eigenvalue weighted by molar-refractivity contribution is 7.80. The lowest BCUT2D eigenvalue weighted by atomic mass is 9.89. The molecule has 0 amide bonds. The van der Waals surface area contributed by atoms with Crippen LogP contribution >= 0.6 is 12.2 Å². The summed E-state index contributed by atoms with van der Waals surface area (Å²) in [6.07, 6.45) is 3.66. The van der Waals surface area contributed by atoms with Crippen molar-refractivity contribution in [3.05, 3.63) is 0 Å². The second-order valence-corrected chi connectivity index (χ2v) is 5.31. The molecule has 1 aliphatic heterocycles. The van der Waals surface area contributed by atoms with Crippen molar-refractivity contribution >= 4 is 29.0 Å². The average molecular weight is 271 g/mol. The molecule has 0 unspecified atom stereocenters. The second kappa shape index (κ2) is 6.13. The van der Waals surface area contributed by atoms with Gasteiger partial charge < -0.3 is 10.5 Å². The van der Waals surface area contributed by atoms with E-state index >= 15 is 0 Å². The molecule has 6 heteroatoms. The Morgan fingerprint density at radius 3 is 2.94 bits per heavy atom. The van der Waals surface area contributed by atoms with Gasteiger partial charge in [-0.1, -0.05) is 19.8 Å². The van der Waals surface area contributed by atoms with Crippen molar-refractivity contribution in [3.8, 4) is 0 Å². The zero-order chi connectivity index (χ0) is 13.8. The van der Waals surface area contributed by atoms with Crippen molar-refractivity contribution in [3.63, 3.8) is 0 Å². The Kier molecular flexibility index (Phi) is 5.07. The average Bonchev–Trinajstić information content (AvgIpc) is 2.59. The molecule has 0 aromatic heterocycles. The Morgan fingerprint density at radius 2 is 2.39 bits per heavy atom. The number of unbranched alkanes of at least 4 members (excludes halogenated alkanes) is 1. The third-order valence-corrected chi connectivity index (χ3v) is 3.39. The zero-order valence-corrected chi connectivity index (χ0v) is 12.0. The largest absolute Gasteiger partial charge is 0.453 e. The van der Waals surface area contributed by atoms with Gasteiger partial charge in [-0.2, -0.15) is 5.10 Å². The van der Waals surface area contributed by atoms with Gasteiger partial charge in [-0.25, -0.2) is 0 Å². The van der Waals surface area contributed by atoms with Gasteiger partial charge in [0, 0.05) is 6.42 Å². The Labute approximate surface area is 113 Å². The van der Waals surface area contributed by atoms with E-state index in [1.807, 2.05) is 6.92 Å². The van der Waals surface area contributed by atoms with Gasteiger partial charge in [-0.05, 0) is 32.5 Å². The van der Waals surface area contributed by atoms with Crippen molar-refractivity contribution in [1.29, 1.82) is 0 Å². The molecular formula is C12H21N3O2S. The molecule has 0 aromatic carbocycles. The van der Waals surface area contributed by atoms with Crippen molar-refractivity contribution in [1.82, 2.24) is 5.43 Å². The molecule has 0 aromatic rings. The standard InChI is InChI=1S/C12H21N3O2S/c1-4-5-6-9-7-12(3,17-10(9)16)8(2)14-15-11(13)18/h9H,4-7H2,1-3H3,(H3,13,15,18)/b14-8+/t9-,12+/m0/s1. The molecule has 1 rings (SSSR count). The summed E-state index contributed by atoms with van der Waals surface area (Å²) in [4.78, 5) is 11.8. The third-order valence-electron chi connectivity index (χ3n) is 3.30. The molecule has 1 aliphatic rings.